The van der Waals surface area contributed by atoms with Gasteiger partial charge in [-0.2, -0.15) is 0 Å². The molecule has 0 aromatic carbocycles. The number of nitrogens with zero attached hydrogens (tertiary/aromatic N) is 2. The molecule has 0 spiro atoms. The Hall–Kier alpha value is -1.89. The average Bonchev–Trinajstić information content (AvgIpc) is 2.71. The molecule has 0 aliphatic carbocycles. The lowest BCUT2D eigenvalue weighted by molar-refractivity contribution is -0.117. The first-order valence-corrected chi connectivity index (χ1v) is 6.68. The molecule has 19 heavy (non-hydrogen) atoms. The Bertz CT molecular complexity index is 782. The number of aryl methyl sites for hydroxylation is 2. The minimum Gasteiger partial charge on any atom is -0.369 e. The van der Waals surface area contributed by atoms with Gasteiger partial charge in [-0.25, -0.2) is 4.79 Å². The summed E-state index contributed by atoms with van der Waals surface area (Å²) >= 11 is 1.37. The normalized spacial score (nSPS) is 11.1. The van der Waals surface area contributed by atoms with E-state index in [1.807, 2.05) is 6.92 Å². The van der Waals surface area contributed by atoms with Crippen molar-refractivity contribution in [3.05, 3.63) is 31.3 Å². The van der Waals surface area contributed by atoms with Crippen LogP contribution in [-0.2, 0) is 31.7 Å². The van der Waals surface area contributed by atoms with E-state index in [4.69, 9.17) is 5.73 Å². The van der Waals surface area contributed by atoms with Gasteiger partial charge in [-0.3, -0.25) is 18.7 Å². The fourth-order valence-corrected chi connectivity index (χ4v) is 3.37. The first-order chi connectivity index (χ1) is 8.88. The molecule has 0 aliphatic heterocycles. The minimum atomic E-state index is -0.481. The highest BCUT2D eigenvalue weighted by molar-refractivity contribution is 7.18. The second-order valence-electron chi connectivity index (χ2n) is 4.39. The maximum Gasteiger partial charge on any atom is 0.331 e. The van der Waals surface area contributed by atoms with Gasteiger partial charge >= 0.3 is 5.69 Å². The van der Waals surface area contributed by atoms with Gasteiger partial charge in [0, 0.05) is 19.0 Å². The number of thiophene rings is 1. The van der Waals surface area contributed by atoms with Crippen LogP contribution in [0.3, 0.4) is 0 Å². The van der Waals surface area contributed by atoms with Crippen molar-refractivity contribution in [1.82, 2.24) is 9.13 Å². The van der Waals surface area contributed by atoms with Crippen LogP contribution in [0.5, 0.6) is 0 Å². The molecule has 0 saturated carbocycles. The molecule has 0 atom stereocenters. The fraction of sp³-hybridized carbons (Fsp3) is 0.417. The van der Waals surface area contributed by atoms with Gasteiger partial charge in [0.1, 0.15) is 4.83 Å². The van der Waals surface area contributed by atoms with Gasteiger partial charge < -0.3 is 5.73 Å². The summed E-state index contributed by atoms with van der Waals surface area (Å²) < 4.78 is 2.49. The third-order valence-corrected chi connectivity index (χ3v) is 4.59. The van der Waals surface area contributed by atoms with Crippen LogP contribution in [0.1, 0.15) is 17.4 Å². The molecular formula is C12H15N3O3S. The Morgan fingerprint density at radius 1 is 1.26 bits per heavy atom. The summed E-state index contributed by atoms with van der Waals surface area (Å²) in [5.41, 5.74) is 5.16. The molecule has 2 aromatic heterocycles. The van der Waals surface area contributed by atoms with Gasteiger partial charge in [0.05, 0.1) is 11.8 Å². The second-order valence-corrected chi connectivity index (χ2v) is 5.47. The smallest absolute Gasteiger partial charge is 0.331 e. The number of amides is 1. The van der Waals surface area contributed by atoms with Crippen LogP contribution in [0.4, 0.5) is 0 Å². The van der Waals surface area contributed by atoms with Crippen LogP contribution in [-0.4, -0.2) is 15.0 Å². The van der Waals surface area contributed by atoms with E-state index in [1.54, 1.807) is 7.05 Å². The molecule has 2 aromatic rings. The van der Waals surface area contributed by atoms with Crippen molar-refractivity contribution >= 4 is 27.5 Å². The summed E-state index contributed by atoms with van der Waals surface area (Å²) in [6.07, 6.45) is 0.718. The number of primary amides is 1. The second kappa shape index (κ2) is 4.65. The Morgan fingerprint density at radius 3 is 2.42 bits per heavy atom. The third kappa shape index (κ3) is 1.99. The minimum absolute atomic E-state index is 0.0244. The van der Waals surface area contributed by atoms with Crippen LogP contribution >= 0.6 is 11.3 Å². The predicted octanol–water partition coefficient (Wildman–Crippen LogP) is -0.111. The van der Waals surface area contributed by atoms with Crippen LogP contribution in [0.15, 0.2) is 9.59 Å². The van der Waals surface area contributed by atoms with Gasteiger partial charge in [0.25, 0.3) is 5.56 Å². The Kier molecular flexibility index (Phi) is 3.32. The molecule has 2 heterocycles. The highest BCUT2D eigenvalue weighted by atomic mass is 32.1. The van der Waals surface area contributed by atoms with Crippen LogP contribution < -0.4 is 17.0 Å². The Labute approximate surface area is 113 Å². The molecule has 6 nitrogen and oxygen atoms in total. The number of hydrogen-bond donors (Lipinski definition) is 1. The Morgan fingerprint density at radius 2 is 1.89 bits per heavy atom. The van der Waals surface area contributed by atoms with Crippen molar-refractivity contribution in [2.24, 2.45) is 19.8 Å². The van der Waals surface area contributed by atoms with Crippen molar-refractivity contribution in [3.63, 3.8) is 0 Å². The summed E-state index contributed by atoms with van der Waals surface area (Å²) in [4.78, 5) is 36.8. The SMILES string of the molecule is CCc1sc2c(c1CC(N)=O)c(=O)n(C)c(=O)n2C. The largest absolute Gasteiger partial charge is 0.369 e. The van der Waals surface area contributed by atoms with Gasteiger partial charge in [0.2, 0.25) is 5.91 Å². The number of fused-ring (bicyclic) bond motifs is 1. The van der Waals surface area contributed by atoms with Crippen LogP contribution in [0.2, 0.25) is 0 Å². The van der Waals surface area contributed by atoms with E-state index in [-0.39, 0.29) is 17.7 Å². The van der Waals surface area contributed by atoms with E-state index in [0.29, 0.717) is 22.2 Å². The fourth-order valence-electron chi connectivity index (χ4n) is 2.17. The third-order valence-electron chi connectivity index (χ3n) is 3.14. The molecule has 0 bridgehead atoms. The summed E-state index contributed by atoms with van der Waals surface area (Å²) in [6.45, 7) is 1.94. The quantitative estimate of drug-likeness (QED) is 0.851. The zero-order valence-electron chi connectivity index (χ0n) is 11.0. The molecule has 1 amide bonds. The number of hydrogen-bond acceptors (Lipinski definition) is 4. The van der Waals surface area contributed by atoms with E-state index in [2.05, 4.69) is 0 Å². The molecular weight excluding hydrogens is 266 g/mol. The highest BCUT2D eigenvalue weighted by Crippen LogP contribution is 2.28. The maximum atomic E-state index is 12.2. The van der Waals surface area contributed by atoms with Crippen molar-refractivity contribution in [1.29, 1.82) is 0 Å². The first kappa shape index (κ1) is 13.5. The number of nitrogens with two attached hydrogens (primary N) is 1. The van der Waals surface area contributed by atoms with E-state index in [9.17, 15) is 14.4 Å². The van der Waals surface area contributed by atoms with Crippen molar-refractivity contribution < 1.29 is 4.79 Å². The lowest BCUT2D eigenvalue weighted by Crippen LogP contribution is -2.36. The summed E-state index contributed by atoms with van der Waals surface area (Å²) in [5.74, 6) is -0.481. The van der Waals surface area contributed by atoms with Crippen molar-refractivity contribution in [2.75, 3.05) is 0 Å². The first-order valence-electron chi connectivity index (χ1n) is 5.87. The van der Waals surface area contributed by atoms with Crippen LogP contribution in [0, 0.1) is 0 Å². The number of aromatic nitrogens is 2. The van der Waals surface area contributed by atoms with Crippen LogP contribution in [0.25, 0.3) is 10.2 Å². The van der Waals surface area contributed by atoms with Gasteiger partial charge in [-0.1, -0.05) is 6.92 Å². The molecule has 2 N–H and O–H groups in total. The summed E-state index contributed by atoms with van der Waals surface area (Å²) in [6, 6.07) is 0. The average molecular weight is 281 g/mol. The lowest BCUT2D eigenvalue weighted by Gasteiger charge is -2.04. The van der Waals surface area contributed by atoms with Gasteiger partial charge in [-0.15, -0.1) is 11.3 Å². The predicted molar refractivity (Wildman–Crippen MR) is 74.6 cm³/mol. The molecule has 0 radical (unpaired) electrons. The monoisotopic (exact) mass is 281 g/mol. The van der Waals surface area contributed by atoms with E-state index < -0.39 is 5.91 Å². The van der Waals surface area contributed by atoms with Crippen molar-refractivity contribution in [2.45, 2.75) is 19.8 Å². The molecule has 102 valence electrons. The molecule has 0 saturated heterocycles. The topological polar surface area (TPSA) is 87.1 Å². The lowest BCUT2D eigenvalue weighted by atomic mass is 10.1. The zero-order chi connectivity index (χ0) is 14.3. The van der Waals surface area contributed by atoms with E-state index >= 15 is 0 Å². The van der Waals surface area contributed by atoms with Gasteiger partial charge in [0.15, 0.2) is 0 Å². The Balaban J connectivity index is 2.99. The molecule has 2 rings (SSSR count). The molecule has 0 aliphatic rings. The zero-order valence-corrected chi connectivity index (χ0v) is 11.8. The molecule has 0 unspecified atom stereocenters. The standard InChI is InChI=1S/C12H15N3O3S/c1-4-7-6(5-8(13)16)9-10(17)14(2)12(18)15(3)11(9)19-7/h4-5H2,1-3H3,(H2,13,16). The number of carbonyl (C=O) groups is 1. The molecule has 7 heteroatoms. The van der Waals surface area contributed by atoms with Crippen molar-refractivity contribution in [3.8, 4) is 0 Å². The summed E-state index contributed by atoms with van der Waals surface area (Å²) in [5, 5.41) is 0.435. The number of carbonyl (C=O) groups excluding carboxylic acids is 1. The maximum absolute atomic E-state index is 12.2. The highest BCUT2D eigenvalue weighted by Gasteiger charge is 2.19. The molecule has 0 fully saturated rings. The number of rotatable bonds is 3. The van der Waals surface area contributed by atoms with Gasteiger partial charge in [-0.05, 0) is 12.0 Å². The van der Waals surface area contributed by atoms with E-state index in [0.717, 1.165) is 9.44 Å². The summed E-state index contributed by atoms with van der Waals surface area (Å²) in [7, 11) is 3.05. The van der Waals surface area contributed by atoms with E-state index in [1.165, 1.54) is 23.0 Å².